The zero-order chi connectivity index (χ0) is 33.9. The van der Waals surface area contributed by atoms with Crippen molar-refractivity contribution in [1.29, 1.82) is 0 Å². The molecular weight excluding hydrogens is 620 g/mol. The van der Waals surface area contributed by atoms with Crippen molar-refractivity contribution in [2.45, 2.75) is 108 Å². The van der Waals surface area contributed by atoms with Crippen LogP contribution >= 0.6 is 11.6 Å². The number of esters is 5. The minimum atomic E-state index is -1.64. The van der Waals surface area contributed by atoms with Gasteiger partial charge in [-0.2, -0.15) is 0 Å². The Morgan fingerprint density at radius 1 is 0.913 bits per heavy atom. The summed E-state index contributed by atoms with van der Waals surface area (Å²) in [4.78, 5) is 65.2. The predicted octanol–water partition coefficient (Wildman–Crippen LogP) is 4.33. The third-order valence-corrected chi connectivity index (χ3v) is 11.1. The van der Waals surface area contributed by atoms with Gasteiger partial charge in [0, 0.05) is 50.9 Å². The second-order valence-electron chi connectivity index (χ2n) is 13.4. The second kappa shape index (κ2) is 12.0. The number of fused-ring (bicyclic) bond motifs is 2. The van der Waals surface area contributed by atoms with Crippen LogP contribution in [0.1, 0.15) is 71.7 Å². The molecule has 3 aliphatic heterocycles. The molecule has 5 rings (SSSR count). The Morgan fingerprint density at radius 2 is 1.50 bits per heavy atom. The summed E-state index contributed by atoms with van der Waals surface area (Å²) in [5.74, 6) is -5.60. The Morgan fingerprint density at radius 3 is 2.09 bits per heavy atom. The van der Waals surface area contributed by atoms with Crippen molar-refractivity contribution < 1.29 is 52.4 Å². The fraction of sp³-hybridized carbons (Fsp3) is 0.618. The van der Waals surface area contributed by atoms with Gasteiger partial charge in [-0.1, -0.05) is 38.6 Å². The molecule has 12 heteroatoms. The lowest BCUT2D eigenvalue weighted by Gasteiger charge is -2.64. The first-order valence-electron chi connectivity index (χ1n) is 15.5. The van der Waals surface area contributed by atoms with E-state index in [9.17, 15) is 24.0 Å². The molecule has 0 amide bonds. The highest BCUT2D eigenvalue weighted by Crippen LogP contribution is 2.63. The maximum atomic E-state index is 13.4. The van der Waals surface area contributed by atoms with Crippen LogP contribution in [0.25, 0.3) is 0 Å². The highest BCUT2D eigenvalue weighted by molar-refractivity contribution is 6.23. The lowest BCUT2D eigenvalue weighted by Crippen LogP contribution is -2.76. The van der Waals surface area contributed by atoms with Gasteiger partial charge in [0.25, 0.3) is 0 Å². The Hall–Kier alpha value is -3.44. The summed E-state index contributed by atoms with van der Waals surface area (Å²) in [5.41, 5.74) is -3.52. The van der Waals surface area contributed by atoms with E-state index in [1.807, 2.05) is 6.92 Å². The van der Waals surface area contributed by atoms with Crippen molar-refractivity contribution in [2.24, 2.45) is 23.2 Å². The SMILES string of the molecule is C=C1C(Cl)C2OC(=O)C(C)C23OC1(C)CC(OC(C)=O)C1(C)C(OC(C)=O)CC(OC(=O)c2ccccc2)C(C)C1C3OC(C)=O. The Labute approximate surface area is 273 Å². The quantitative estimate of drug-likeness (QED) is 0.193. The summed E-state index contributed by atoms with van der Waals surface area (Å²) in [5, 5.41) is -0.956. The number of carbonyl (C=O) groups excluding carboxylic acids is 5. The van der Waals surface area contributed by atoms with Crippen LogP contribution in [0.5, 0.6) is 0 Å². The number of rotatable bonds is 5. The third kappa shape index (κ3) is 5.29. The van der Waals surface area contributed by atoms with Crippen LogP contribution in [0, 0.1) is 23.2 Å². The summed E-state index contributed by atoms with van der Waals surface area (Å²) in [6.07, 6.45) is -5.20. The minimum Gasteiger partial charge on any atom is -0.462 e. The summed E-state index contributed by atoms with van der Waals surface area (Å²) >= 11 is 7.03. The molecule has 1 saturated carbocycles. The molecule has 12 unspecified atom stereocenters. The number of alkyl halides is 1. The van der Waals surface area contributed by atoms with Gasteiger partial charge in [-0.15, -0.1) is 11.6 Å². The van der Waals surface area contributed by atoms with E-state index in [1.54, 1.807) is 51.1 Å². The molecule has 0 radical (unpaired) electrons. The first-order chi connectivity index (χ1) is 21.5. The summed E-state index contributed by atoms with van der Waals surface area (Å²) in [7, 11) is 0. The van der Waals surface area contributed by atoms with Crippen LogP contribution in [0.15, 0.2) is 42.5 Å². The lowest BCUT2D eigenvalue weighted by molar-refractivity contribution is -0.309. The van der Waals surface area contributed by atoms with Crippen LogP contribution in [-0.2, 0) is 47.6 Å². The normalized spacial score (nSPS) is 41.4. The molecule has 0 aromatic heterocycles. The molecule has 3 heterocycles. The number of carbonyl (C=O) groups is 5. The summed E-state index contributed by atoms with van der Waals surface area (Å²) < 4.78 is 37.2. The van der Waals surface area contributed by atoms with E-state index < -0.39 is 100 Å². The van der Waals surface area contributed by atoms with Gasteiger partial charge in [-0.05, 0) is 31.6 Å². The van der Waals surface area contributed by atoms with Gasteiger partial charge in [0.1, 0.15) is 24.4 Å². The molecule has 1 spiro atoms. The molecule has 12 atom stereocenters. The second-order valence-corrected chi connectivity index (χ2v) is 13.9. The Kier molecular flexibility index (Phi) is 8.83. The first kappa shape index (κ1) is 33.9. The molecular formula is C34H41ClO11. The summed E-state index contributed by atoms with van der Waals surface area (Å²) in [6, 6.07) is 8.43. The van der Waals surface area contributed by atoms with E-state index in [4.69, 9.17) is 40.0 Å². The number of ether oxygens (including phenoxy) is 6. The zero-order valence-corrected chi connectivity index (χ0v) is 27.8. The van der Waals surface area contributed by atoms with Crippen LogP contribution < -0.4 is 0 Å². The van der Waals surface area contributed by atoms with E-state index in [2.05, 4.69) is 6.58 Å². The van der Waals surface area contributed by atoms with E-state index in [-0.39, 0.29) is 12.8 Å². The molecule has 0 N–H and O–H groups in total. The van der Waals surface area contributed by atoms with Crippen LogP contribution in [0.3, 0.4) is 0 Å². The van der Waals surface area contributed by atoms with Crippen LogP contribution in [0.2, 0.25) is 0 Å². The molecule has 2 bridgehead atoms. The fourth-order valence-corrected chi connectivity index (χ4v) is 8.83. The van der Waals surface area contributed by atoms with Gasteiger partial charge in [0.2, 0.25) is 0 Å². The van der Waals surface area contributed by atoms with Crippen molar-refractivity contribution in [2.75, 3.05) is 0 Å². The van der Waals surface area contributed by atoms with Gasteiger partial charge < -0.3 is 28.4 Å². The summed E-state index contributed by atoms with van der Waals surface area (Å²) in [6.45, 7) is 15.0. The van der Waals surface area contributed by atoms with Gasteiger partial charge in [0.05, 0.1) is 22.5 Å². The maximum absolute atomic E-state index is 13.4. The predicted molar refractivity (Wildman–Crippen MR) is 162 cm³/mol. The maximum Gasteiger partial charge on any atom is 0.338 e. The van der Waals surface area contributed by atoms with Gasteiger partial charge in [0.15, 0.2) is 11.7 Å². The molecule has 4 aliphatic rings. The lowest BCUT2D eigenvalue weighted by atomic mass is 9.50. The third-order valence-electron chi connectivity index (χ3n) is 10.6. The molecule has 3 saturated heterocycles. The van der Waals surface area contributed by atoms with Crippen LogP contribution in [0.4, 0.5) is 0 Å². The highest BCUT2D eigenvalue weighted by Gasteiger charge is 2.76. The molecule has 46 heavy (non-hydrogen) atoms. The van der Waals surface area contributed by atoms with Crippen molar-refractivity contribution in [3.8, 4) is 0 Å². The van der Waals surface area contributed by atoms with Crippen molar-refractivity contribution in [3.63, 3.8) is 0 Å². The fourth-order valence-electron chi connectivity index (χ4n) is 8.35. The average molecular weight is 661 g/mol. The monoisotopic (exact) mass is 660 g/mol. The Balaban J connectivity index is 1.77. The average Bonchev–Trinajstić information content (AvgIpc) is 3.22. The molecule has 1 aromatic rings. The topological polar surface area (TPSA) is 141 Å². The number of benzene rings is 1. The molecule has 11 nitrogen and oxygen atoms in total. The van der Waals surface area contributed by atoms with Gasteiger partial charge in [-0.3, -0.25) is 19.2 Å². The number of hydrogen-bond acceptors (Lipinski definition) is 11. The van der Waals surface area contributed by atoms with E-state index >= 15 is 0 Å². The number of hydrogen-bond donors (Lipinski definition) is 0. The van der Waals surface area contributed by atoms with Gasteiger partial charge >= 0.3 is 29.8 Å². The zero-order valence-electron chi connectivity index (χ0n) is 27.1. The van der Waals surface area contributed by atoms with E-state index in [0.717, 1.165) is 0 Å². The Bertz CT molecular complexity index is 1450. The van der Waals surface area contributed by atoms with Crippen LogP contribution in [-0.4, -0.2) is 76.9 Å². The van der Waals surface area contributed by atoms with Crippen molar-refractivity contribution in [3.05, 3.63) is 48.0 Å². The van der Waals surface area contributed by atoms with Crippen molar-refractivity contribution >= 4 is 41.4 Å². The molecule has 250 valence electrons. The van der Waals surface area contributed by atoms with E-state index in [0.29, 0.717) is 11.1 Å². The minimum absolute atomic E-state index is 0.0166. The smallest absolute Gasteiger partial charge is 0.338 e. The molecule has 1 aliphatic carbocycles. The van der Waals surface area contributed by atoms with Crippen molar-refractivity contribution in [1.82, 2.24) is 0 Å². The molecule has 4 fully saturated rings. The first-order valence-corrected chi connectivity index (χ1v) is 15.9. The number of halogens is 1. The largest absolute Gasteiger partial charge is 0.462 e. The van der Waals surface area contributed by atoms with Gasteiger partial charge in [-0.25, -0.2) is 4.79 Å². The highest BCUT2D eigenvalue weighted by atomic mass is 35.5. The standard InChI is InChI=1S/C34H41ClO11/c1-16-23(44-31(40)22-12-10-9-11-13-22)14-24(41-19(4)36)33(8)25(42-20(5)37)15-32(7)17(2)27(35)29-34(46-32,18(3)30(39)45-29)28(26(16)33)43-21(6)38/h9-13,16,18,23-29H,2,14-15H2,1,3-8H3. The van der Waals surface area contributed by atoms with E-state index in [1.165, 1.54) is 20.8 Å². The molecule has 1 aromatic carbocycles.